The van der Waals surface area contributed by atoms with E-state index in [1.54, 1.807) is 23.6 Å². The van der Waals surface area contributed by atoms with Gasteiger partial charge in [0, 0.05) is 41.8 Å². The summed E-state index contributed by atoms with van der Waals surface area (Å²) < 4.78 is 63.3. The number of ether oxygens (including phenoxy) is 1. The van der Waals surface area contributed by atoms with Crippen LogP contribution in [0.4, 0.5) is 13.2 Å². The predicted octanol–water partition coefficient (Wildman–Crippen LogP) is 4.67. The van der Waals surface area contributed by atoms with Crippen LogP contribution in [0.25, 0.3) is 11.1 Å². The Kier molecular flexibility index (Phi) is 7.94. The zero-order valence-corrected chi connectivity index (χ0v) is 21.9. The lowest BCUT2D eigenvalue weighted by Gasteiger charge is -2.21. The van der Waals surface area contributed by atoms with Crippen molar-refractivity contribution in [2.45, 2.75) is 37.0 Å². The van der Waals surface area contributed by atoms with E-state index in [9.17, 15) is 27.0 Å². The van der Waals surface area contributed by atoms with Crippen molar-refractivity contribution in [3.05, 3.63) is 87.3 Å². The number of hydrogen-bond donors (Lipinski definition) is 1. The molecule has 204 valence electrons. The van der Waals surface area contributed by atoms with Crippen LogP contribution in [0.15, 0.2) is 68.8 Å². The highest BCUT2D eigenvalue weighted by Gasteiger charge is 2.31. The van der Waals surface area contributed by atoms with E-state index < -0.39 is 32.8 Å². The third-order valence-electron chi connectivity index (χ3n) is 6.54. The molecule has 0 aliphatic carbocycles. The second-order valence-corrected chi connectivity index (χ2v) is 11.4. The topological polar surface area (TPSA) is 114 Å². The van der Waals surface area contributed by atoms with Crippen molar-refractivity contribution in [2.75, 3.05) is 19.5 Å². The Morgan fingerprint density at radius 2 is 1.97 bits per heavy atom. The highest BCUT2D eigenvalue weighted by Crippen LogP contribution is 2.33. The molecule has 4 rings (SSSR count). The molecule has 2 atom stereocenters. The molecule has 0 radical (unpaired) electrons. The minimum Gasteiger partial charge on any atom is -0.379 e. The summed E-state index contributed by atoms with van der Waals surface area (Å²) in [6, 6.07) is 10.6. The maximum absolute atomic E-state index is 13.5. The zero-order valence-electron chi connectivity index (χ0n) is 21.1. The second-order valence-electron chi connectivity index (χ2n) is 9.16. The summed E-state index contributed by atoms with van der Waals surface area (Å²) in [4.78, 5) is 27.1. The van der Waals surface area contributed by atoms with Crippen molar-refractivity contribution in [3.8, 4) is 17.3 Å². The van der Waals surface area contributed by atoms with Gasteiger partial charge in [0.2, 0.25) is 11.6 Å². The fourth-order valence-electron chi connectivity index (χ4n) is 4.46. The number of nitrogens with zero attached hydrogens (tertiary/aromatic N) is 3. The number of carbonyl (C=O) groups excluding carboxylic acids is 1. The van der Waals surface area contributed by atoms with Gasteiger partial charge in [-0.15, -0.1) is 4.36 Å². The van der Waals surface area contributed by atoms with Gasteiger partial charge in [-0.05, 0) is 48.7 Å². The highest BCUT2D eigenvalue weighted by atomic mass is 32.2. The van der Waals surface area contributed by atoms with E-state index in [1.807, 2.05) is 0 Å². The van der Waals surface area contributed by atoms with E-state index in [-0.39, 0.29) is 29.3 Å². The van der Waals surface area contributed by atoms with E-state index in [4.69, 9.17) is 10.00 Å². The molecule has 1 N–H and O–H groups in total. The number of halogens is 3. The van der Waals surface area contributed by atoms with Gasteiger partial charge in [0.25, 0.3) is 5.91 Å². The normalized spacial score (nSPS) is 16.8. The van der Waals surface area contributed by atoms with E-state index in [1.165, 1.54) is 42.9 Å². The van der Waals surface area contributed by atoms with Crippen LogP contribution in [0.3, 0.4) is 0 Å². The molecule has 2 aromatic carbocycles. The number of carbonyl (C=O) groups is 1. The SMILES string of the molecule is Cc1c(-c2cccc(C(F)(F)F)c2)c(=O)c(C(=O)NCc2ccc(S(C)(=O)=NC#N)cc2)cn1C1CCOC1. The molecule has 2 unspecified atom stereocenters. The summed E-state index contributed by atoms with van der Waals surface area (Å²) in [5.41, 5.74) is -0.631. The standard InChI is InChI=1S/C27H25F3N4O4S/c1-17-24(19-4-3-5-20(12-19)27(28,29)30)25(35)23(14-34(17)21-10-11-38-15-21)26(36)32-13-18-6-8-22(9-7-18)39(2,37)33-16-31/h3-9,12,14,21H,10-11,13,15H2,1-2H3,(H,32,36). The first-order chi connectivity index (χ1) is 18.4. The van der Waals surface area contributed by atoms with E-state index >= 15 is 0 Å². The monoisotopic (exact) mass is 558 g/mol. The molecule has 12 heteroatoms. The Morgan fingerprint density at radius 3 is 2.59 bits per heavy atom. The molecule has 2 heterocycles. The number of nitriles is 1. The third kappa shape index (κ3) is 6.05. The summed E-state index contributed by atoms with van der Waals surface area (Å²) in [6.07, 6.45) is 0.336. The van der Waals surface area contributed by atoms with E-state index in [2.05, 4.69) is 9.68 Å². The summed E-state index contributed by atoms with van der Waals surface area (Å²) in [5, 5.41) is 11.4. The fourth-order valence-corrected chi connectivity index (χ4v) is 5.37. The summed E-state index contributed by atoms with van der Waals surface area (Å²) >= 11 is 0. The first-order valence-electron chi connectivity index (χ1n) is 11.9. The molecule has 8 nitrogen and oxygen atoms in total. The van der Waals surface area contributed by atoms with Crippen LogP contribution in [-0.4, -0.2) is 34.2 Å². The predicted molar refractivity (Wildman–Crippen MR) is 138 cm³/mol. The van der Waals surface area contributed by atoms with Gasteiger partial charge in [-0.1, -0.05) is 24.3 Å². The molecule has 0 spiro atoms. The van der Waals surface area contributed by atoms with Crippen molar-refractivity contribution >= 4 is 15.6 Å². The van der Waals surface area contributed by atoms with E-state index in [0.717, 1.165) is 12.1 Å². The number of aromatic nitrogens is 1. The number of benzene rings is 2. The van der Waals surface area contributed by atoms with E-state index in [0.29, 0.717) is 35.8 Å². The molecule has 0 saturated carbocycles. The maximum Gasteiger partial charge on any atom is 0.416 e. The molecule has 1 saturated heterocycles. The number of hydrogen-bond acceptors (Lipinski definition) is 6. The zero-order chi connectivity index (χ0) is 28.4. The number of pyridine rings is 1. The minimum absolute atomic E-state index is 0.0175. The Morgan fingerprint density at radius 1 is 1.26 bits per heavy atom. The molecular weight excluding hydrogens is 533 g/mol. The number of nitrogens with one attached hydrogen (secondary N) is 1. The van der Waals surface area contributed by atoms with Crippen molar-refractivity contribution in [2.24, 2.45) is 4.36 Å². The molecule has 3 aromatic rings. The number of rotatable bonds is 6. The number of amides is 1. The van der Waals surface area contributed by atoms with Gasteiger partial charge < -0.3 is 14.6 Å². The minimum atomic E-state index is -4.60. The van der Waals surface area contributed by atoms with Crippen LogP contribution in [0.5, 0.6) is 0 Å². The third-order valence-corrected chi connectivity index (χ3v) is 8.12. The van der Waals surface area contributed by atoms with Gasteiger partial charge in [-0.25, -0.2) is 4.21 Å². The van der Waals surface area contributed by atoms with Crippen LogP contribution < -0.4 is 10.7 Å². The van der Waals surface area contributed by atoms with Crippen LogP contribution in [0.1, 0.15) is 39.6 Å². The van der Waals surface area contributed by atoms with Gasteiger partial charge in [0.05, 0.1) is 27.9 Å². The van der Waals surface area contributed by atoms with Gasteiger partial charge in [-0.3, -0.25) is 9.59 Å². The lowest BCUT2D eigenvalue weighted by atomic mass is 9.98. The fraction of sp³-hybridized carbons (Fsp3) is 0.296. The highest BCUT2D eigenvalue weighted by molar-refractivity contribution is 7.93. The Hall–Kier alpha value is -3.95. The van der Waals surface area contributed by atoms with Crippen molar-refractivity contribution < 1.29 is 26.9 Å². The summed E-state index contributed by atoms with van der Waals surface area (Å²) in [5.74, 6) is -0.691. The van der Waals surface area contributed by atoms with Crippen LogP contribution in [0, 0.1) is 18.4 Å². The van der Waals surface area contributed by atoms with Gasteiger partial charge in [-0.2, -0.15) is 18.4 Å². The first kappa shape index (κ1) is 28.1. The molecule has 1 fully saturated rings. The van der Waals surface area contributed by atoms with Gasteiger partial charge in [0.15, 0.2) is 0 Å². The number of alkyl halides is 3. The average molecular weight is 559 g/mol. The molecule has 1 aliphatic heterocycles. The molecule has 1 amide bonds. The molecule has 39 heavy (non-hydrogen) atoms. The van der Waals surface area contributed by atoms with Crippen molar-refractivity contribution in [3.63, 3.8) is 0 Å². The average Bonchev–Trinajstić information content (AvgIpc) is 3.42. The quantitative estimate of drug-likeness (QED) is 0.442. The summed E-state index contributed by atoms with van der Waals surface area (Å²) in [6.45, 7) is 2.50. The Balaban J connectivity index is 1.70. The van der Waals surface area contributed by atoms with Crippen LogP contribution in [-0.2, 0) is 27.2 Å². The Bertz CT molecular complexity index is 1630. The molecule has 0 bridgehead atoms. The van der Waals surface area contributed by atoms with Crippen molar-refractivity contribution in [1.82, 2.24) is 9.88 Å². The van der Waals surface area contributed by atoms with Crippen molar-refractivity contribution in [1.29, 1.82) is 5.26 Å². The second kappa shape index (κ2) is 11.0. The molecule has 1 aromatic heterocycles. The lowest BCUT2D eigenvalue weighted by molar-refractivity contribution is -0.137. The maximum atomic E-state index is 13.5. The smallest absolute Gasteiger partial charge is 0.379 e. The largest absolute Gasteiger partial charge is 0.416 e. The molecular formula is C27H25F3N4O4S. The van der Waals surface area contributed by atoms with Crippen LogP contribution in [0.2, 0.25) is 0 Å². The molecule has 1 aliphatic rings. The van der Waals surface area contributed by atoms with Crippen LogP contribution >= 0.6 is 0 Å². The lowest BCUT2D eigenvalue weighted by Crippen LogP contribution is -2.31. The van der Waals surface area contributed by atoms with Gasteiger partial charge >= 0.3 is 6.18 Å². The van der Waals surface area contributed by atoms with Gasteiger partial charge in [0.1, 0.15) is 5.56 Å². The summed E-state index contributed by atoms with van der Waals surface area (Å²) in [7, 11) is -2.87. The Labute approximate surface area is 223 Å². The first-order valence-corrected chi connectivity index (χ1v) is 13.8.